The van der Waals surface area contributed by atoms with E-state index in [2.05, 4.69) is 0 Å². The van der Waals surface area contributed by atoms with E-state index < -0.39 is 0 Å². The first-order valence-electron chi connectivity index (χ1n) is 5.67. The van der Waals surface area contributed by atoms with Crippen LogP contribution in [-0.4, -0.2) is 36.1 Å². The van der Waals surface area contributed by atoms with Gasteiger partial charge in [0, 0.05) is 18.7 Å². The Kier molecular flexibility index (Phi) is 2.04. The van der Waals surface area contributed by atoms with Crippen LogP contribution in [0.15, 0.2) is 18.2 Å². The van der Waals surface area contributed by atoms with Crippen LogP contribution in [0, 0.1) is 13.8 Å². The maximum atomic E-state index is 12.3. The summed E-state index contributed by atoms with van der Waals surface area (Å²) in [5.41, 5.74) is 3.02. The standard InChI is InChI=1S/C13H15NO2/c1-8-3-4-9(2)10(5-8)13(15)14-6-11-12(7-14)16-11/h3-5,11-12H,6-7H2,1-2H3. The Morgan fingerprint density at radius 2 is 2.00 bits per heavy atom. The van der Waals surface area contributed by atoms with Gasteiger partial charge in [-0.2, -0.15) is 0 Å². The number of morpholine rings is 1. The molecule has 3 nitrogen and oxygen atoms in total. The van der Waals surface area contributed by atoms with Gasteiger partial charge in [-0.25, -0.2) is 0 Å². The number of aryl methyl sites for hydroxylation is 2. The van der Waals surface area contributed by atoms with Crippen LogP contribution in [0.5, 0.6) is 0 Å². The topological polar surface area (TPSA) is 32.8 Å². The fourth-order valence-electron chi connectivity index (χ4n) is 2.31. The molecule has 16 heavy (non-hydrogen) atoms. The number of likely N-dealkylation sites (tertiary alicyclic amines) is 1. The molecule has 84 valence electrons. The summed E-state index contributed by atoms with van der Waals surface area (Å²) in [6.45, 7) is 5.52. The number of benzene rings is 1. The minimum atomic E-state index is 0.150. The normalized spacial score (nSPS) is 26.8. The maximum absolute atomic E-state index is 12.3. The lowest BCUT2D eigenvalue weighted by Gasteiger charge is -2.18. The van der Waals surface area contributed by atoms with E-state index in [1.165, 1.54) is 0 Å². The van der Waals surface area contributed by atoms with Crippen molar-refractivity contribution < 1.29 is 9.53 Å². The van der Waals surface area contributed by atoms with Crippen LogP contribution in [0.1, 0.15) is 21.5 Å². The molecule has 2 aliphatic heterocycles. The van der Waals surface area contributed by atoms with E-state index in [1.54, 1.807) is 0 Å². The lowest BCUT2D eigenvalue weighted by atomic mass is 10.0. The molecule has 2 saturated heterocycles. The molecule has 0 saturated carbocycles. The first kappa shape index (κ1) is 9.85. The number of rotatable bonds is 1. The van der Waals surface area contributed by atoms with Gasteiger partial charge in [0.1, 0.15) is 12.2 Å². The molecule has 3 heteroatoms. The number of carbonyl (C=O) groups is 1. The van der Waals surface area contributed by atoms with Crippen molar-refractivity contribution in [2.45, 2.75) is 26.1 Å². The summed E-state index contributed by atoms with van der Waals surface area (Å²) in [5.74, 6) is 0.150. The molecular formula is C13H15NO2. The van der Waals surface area contributed by atoms with Gasteiger partial charge in [-0.1, -0.05) is 17.7 Å². The molecule has 2 fully saturated rings. The monoisotopic (exact) mass is 217 g/mol. The Balaban J connectivity index is 1.85. The Labute approximate surface area is 95.0 Å². The molecule has 1 aromatic carbocycles. The minimum Gasteiger partial charge on any atom is -0.366 e. The van der Waals surface area contributed by atoms with Crippen molar-refractivity contribution in [1.29, 1.82) is 0 Å². The second-order valence-electron chi connectivity index (χ2n) is 4.74. The van der Waals surface area contributed by atoms with Gasteiger partial charge >= 0.3 is 0 Å². The highest BCUT2D eigenvalue weighted by Crippen LogP contribution is 2.31. The Bertz CT molecular complexity index is 445. The van der Waals surface area contributed by atoms with Crippen LogP contribution >= 0.6 is 0 Å². The second kappa shape index (κ2) is 3.32. The molecule has 0 radical (unpaired) electrons. The summed E-state index contributed by atoms with van der Waals surface area (Å²) >= 11 is 0. The molecule has 0 N–H and O–H groups in total. The fraction of sp³-hybridized carbons (Fsp3) is 0.462. The van der Waals surface area contributed by atoms with E-state index in [4.69, 9.17) is 4.74 Å². The van der Waals surface area contributed by atoms with E-state index in [0.29, 0.717) is 12.2 Å². The third-order valence-electron chi connectivity index (χ3n) is 3.40. The smallest absolute Gasteiger partial charge is 0.254 e. The number of carbonyl (C=O) groups excluding carboxylic acids is 1. The molecule has 2 unspecified atom stereocenters. The molecular weight excluding hydrogens is 202 g/mol. The number of amides is 1. The molecule has 2 heterocycles. The second-order valence-corrected chi connectivity index (χ2v) is 4.74. The molecule has 2 aliphatic rings. The first-order valence-corrected chi connectivity index (χ1v) is 5.67. The largest absolute Gasteiger partial charge is 0.366 e. The number of ether oxygens (including phenoxy) is 1. The van der Waals surface area contributed by atoms with Crippen LogP contribution in [0.3, 0.4) is 0 Å². The van der Waals surface area contributed by atoms with Crippen molar-refractivity contribution in [3.8, 4) is 0 Å². The highest BCUT2D eigenvalue weighted by molar-refractivity contribution is 5.96. The van der Waals surface area contributed by atoms with Gasteiger partial charge < -0.3 is 9.64 Å². The van der Waals surface area contributed by atoms with Gasteiger partial charge in [0.25, 0.3) is 5.91 Å². The Hall–Kier alpha value is -1.35. The number of nitrogens with zero attached hydrogens (tertiary/aromatic N) is 1. The summed E-state index contributed by atoms with van der Waals surface area (Å²) in [6.07, 6.45) is 0.628. The summed E-state index contributed by atoms with van der Waals surface area (Å²) in [5, 5.41) is 0. The van der Waals surface area contributed by atoms with Gasteiger partial charge in [-0.05, 0) is 25.5 Å². The number of fused-ring (bicyclic) bond motifs is 1. The van der Waals surface area contributed by atoms with Crippen molar-refractivity contribution in [3.63, 3.8) is 0 Å². The van der Waals surface area contributed by atoms with Crippen LogP contribution in [0.2, 0.25) is 0 Å². The number of epoxide rings is 1. The first-order chi connectivity index (χ1) is 7.65. The predicted molar refractivity (Wildman–Crippen MR) is 60.5 cm³/mol. The predicted octanol–water partition coefficient (Wildman–Crippen LogP) is 1.53. The third-order valence-corrected chi connectivity index (χ3v) is 3.40. The Morgan fingerprint density at radius 1 is 1.31 bits per heavy atom. The van der Waals surface area contributed by atoms with Crippen LogP contribution in [-0.2, 0) is 4.74 Å². The zero-order valence-corrected chi connectivity index (χ0v) is 9.56. The van der Waals surface area contributed by atoms with Gasteiger partial charge in [0.15, 0.2) is 0 Å². The molecule has 1 amide bonds. The average molecular weight is 217 g/mol. The average Bonchev–Trinajstić information content (AvgIpc) is 2.88. The van der Waals surface area contributed by atoms with E-state index >= 15 is 0 Å². The lowest BCUT2D eigenvalue weighted by molar-refractivity contribution is 0.0729. The van der Waals surface area contributed by atoms with Crippen LogP contribution in [0.4, 0.5) is 0 Å². The van der Waals surface area contributed by atoms with Crippen molar-refractivity contribution in [1.82, 2.24) is 4.90 Å². The van der Waals surface area contributed by atoms with E-state index in [0.717, 1.165) is 29.8 Å². The summed E-state index contributed by atoms with van der Waals surface area (Å²) in [6, 6.07) is 6.02. The zero-order chi connectivity index (χ0) is 11.3. The summed E-state index contributed by atoms with van der Waals surface area (Å²) in [7, 11) is 0. The maximum Gasteiger partial charge on any atom is 0.254 e. The highest BCUT2D eigenvalue weighted by Gasteiger charge is 2.48. The molecule has 3 rings (SSSR count). The molecule has 0 bridgehead atoms. The SMILES string of the molecule is Cc1ccc(C)c(C(=O)N2CC3OC3C2)c1. The molecule has 0 aliphatic carbocycles. The third kappa shape index (κ3) is 1.52. The molecule has 0 spiro atoms. The molecule has 2 atom stereocenters. The van der Waals surface area contributed by atoms with E-state index in [-0.39, 0.29) is 5.91 Å². The van der Waals surface area contributed by atoms with Crippen LogP contribution < -0.4 is 0 Å². The molecule has 0 aromatic heterocycles. The number of hydrogen-bond acceptors (Lipinski definition) is 2. The summed E-state index contributed by atoms with van der Waals surface area (Å²) < 4.78 is 5.33. The Morgan fingerprint density at radius 3 is 2.69 bits per heavy atom. The molecule has 1 aromatic rings. The van der Waals surface area contributed by atoms with Crippen molar-refractivity contribution in [2.24, 2.45) is 0 Å². The summed E-state index contributed by atoms with van der Waals surface area (Å²) in [4.78, 5) is 14.2. The van der Waals surface area contributed by atoms with Crippen molar-refractivity contribution >= 4 is 5.91 Å². The van der Waals surface area contributed by atoms with Gasteiger partial charge in [-0.15, -0.1) is 0 Å². The van der Waals surface area contributed by atoms with E-state index in [1.807, 2.05) is 36.9 Å². The van der Waals surface area contributed by atoms with Gasteiger partial charge in [0.05, 0.1) is 0 Å². The number of hydrogen-bond donors (Lipinski definition) is 0. The quantitative estimate of drug-likeness (QED) is 0.668. The van der Waals surface area contributed by atoms with Crippen LogP contribution in [0.25, 0.3) is 0 Å². The minimum absolute atomic E-state index is 0.150. The fourth-order valence-corrected chi connectivity index (χ4v) is 2.31. The van der Waals surface area contributed by atoms with Gasteiger partial charge in [0.2, 0.25) is 0 Å². The lowest BCUT2D eigenvalue weighted by Crippen LogP contribution is -2.32. The van der Waals surface area contributed by atoms with Crippen molar-refractivity contribution in [3.05, 3.63) is 34.9 Å². The zero-order valence-electron chi connectivity index (χ0n) is 9.56. The van der Waals surface area contributed by atoms with E-state index in [9.17, 15) is 4.79 Å². The van der Waals surface area contributed by atoms with Crippen molar-refractivity contribution in [2.75, 3.05) is 13.1 Å². The highest BCUT2D eigenvalue weighted by atomic mass is 16.6. The van der Waals surface area contributed by atoms with Gasteiger partial charge in [-0.3, -0.25) is 4.79 Å².